The second kappa shape index (κ2) is 6.98. The first-order valence-corrected chi connectivity index (χ1v) is 6.37. The topological polar surface area (TPSA) is 49.4 Å². The van der Waals surface area contributed by atoms with Crippen LogP contribution in [0, 0.1) is 11.6 Å². The van der Waals surface area contributed by atoms with Gasteiger partial charge in [0.1, 0.15) is 18.2 Å². The Bertz CT molecular complexity index is 506. The van der Waals surface area contributed by atoms with E-state index >= 15 is 0 Å². The summed E-state index contributed by atoms with van der Waals surface area (Å²) in [5, 5.41) is 2.33. The van der Waals surface area contributed by atoms with Crippen molar-refractivity contribution in [2.24, 2.45) is 0 Å². The van der Waals surface area contributed by atoms with E-state index in [2.05, 4.69) is 5.32 Å². The van der Waals surface area contributed by atoms with Gasteiger partial charge in [-0.3, -0.25) is 9.59 Å². The van der Waals surface area contributed by atoms with Crippen LogP contribution in [-0.4, -0.2) is 29.3 Å². The molecule has 1 aromatic rings. The fraction of sp³-hybridized carbons (Fsp3) is 0.429. The Hall–Kier alpha value is -1.98. The number of hydrogen-bond donors (Lipinski definition) is 1. The number of nitrogens with zero attached hydrogens (tertiary/aromatic N) is 1. The van der Waals surface area contributed by atoms with Crippen LogP contribution < -0.4 is 5.32 Å². The molecule has 0 heterocycles. The van der Waals surface area contributed by atoms with E-state index in [-0.39, 0.29) is 24.2 Å². The van der Waals surface area contributed by atoms with Gasteiger partial charge in [-0.25, -0.2) is 8.78 Å². The summed E-state index contributed by atoms with van der Waals surface area (Å²) in [6, 6.07) is 2.80. The maximum atomic E-state index is 13.4. The minimum atomic E-state index is -0.851. The van der Waals surface area contributed by atoms with Crippen molar-refractivity contribution >= 4 is 17.5 Å². The van der Waals surface area contributed by atoms with E-state index in [0.717, 1.165) is 12.1 Å². The molecule has 0 saturated heterocycles. The van der Waals surface area contributed by atoms with Crippen molar-refractivity contribution in [3.05, 3.63) is 29.8 Å². The second-order valence-corrected chi connectivity index (χ2v) is 4.58. The Morgan fingerprint density at radius 1 is 1.35 bits per heavy atom. The van der Waals surface area contributed by atoms with Crippen LogP contribution in [0.2, 0.25) is 0 Å². The molecule has 1 unspecified atom stereocenters. The molecule has 20 heavy (non-hydrogen) atoms. The lowest BCUT2D eigenvalue weighted by molar-refractivity contribution is -0.134. The van der Waals surface area contributed by atoms with E-state index in [1.54, 1.807) is 0 Å². The van der Waals surface area contributed by atoms with Gasteiger partial charge in [-0.15, -0.1) is 0 Å². The van der Waals surface area contributed by atoms with Crippen molar-refractivity contribution < 1.29 is 18.4 Å². The van der Waals surface area contributed by atoms with E-state index in [4.69, 9.17) is 0 Å². The summed E-state index contributed by atoms with van der Waals surface area (Å²) in [6.45, 7) is 4.93. The van der Waals surface area contributed by atoms with Crippen LogP contribution >= 0.6 is 0 Å². The third kappa shape index (κ3) is 4.29. The quantitative estimate of drug-likeness (QED) is 0.903. The first-order chi connectivity index (χ1) is 9.35. The van der Waals surface area contributed by atoms with Crippen LogP contribution in [-0.2, 0) is 9.59 Å². The van der Waals surface area contributed by atoms with Crippen molar-refractivity contribution in [2.75, 3.05) is 11.9 Å². The maximum absolute atomic E-state index is 13.4. The second-order valence-electron chi connectivity index (χ2n) is 4.58. The number of amides is 2. The molecule has 110 valence electrons. The van der Waals surface area contributed by atoms with Crippen LogP contribution in [0.4, 0.5) is 14.5 Å². The highest BCUT2D eigenvalue weighted by Gasteiger charge is 2.19. The summed E-state index contributed by atoms with van der Waals surface area (Å²) in [4.78, 5) is 24.7. The number of rotatable bonds is 5. The molecule has 0 aliphatic heterocycles. The molecular weight excluding hydrogens is 266 g/mol. The third-order valence-electron chi connectivity index (χ3n) is 3.05. The summed E-state index contributed by atoms with van der Waals surface area (Å²) in [6.07, 6.45) is 0.706. The monoisotopic (exact) mass is 284 g/mol. The Kier molecular flexibility index (Phi) is 5.61. The highest BCUT2D eigenvalue weighted by atomic mass is 19.1. The first kappa shape index (κ1) is 16.1. The van der Waals surface area contributed by atoms with Crippen molar-refractivity contribution in [2.45, 2.75) is 33.2 Å². The largest absolute Gasteiger partial charge is 0.331 e. The lowest BCUT2D eigenvalue weighted by Crippen LogP contribution is -2.42. The number of carbonyl (C=O) groups excluding carboxylic acids is 2. The van der Waals surface area contributed by atoms with Gasteiger partial charge in [0.15, 0.2) is 0 Å². The van der Waals surface area contributed by atoms with Crippen molar-refractivity contribution in [3.63, 3.8) is 0 Å². The molecular formula is C14H18F2N2O2. The van der Waals surface area contributed by atoms with Crippen molar-refractivity contribution in [1.82, 2.24) is 4.90 Å². The average molecular weight is 284 g/mol. The normalized spacial score (nSPS) is 11.8. The molecule has 6 heteroatoms. The zero-order valence-electron chi connectivity index (χ0n) is 11.7. The summed E-state index contributed by atoms with van der Waals surface area (Å²) < 4.78 is 26.1. The number of benzene rings is 1. The van der Waals surface area contributed by atoms with Gasteiger partial charge in [-0.2, -0.15) is 0 Å². The molecule has 0 radical (unpaired) electrons. The molecule has 2 amide bonds. The zero-order chi connectivity index (χ0) is 15.3. The van der Waals surface area contributed by atoms with Crippen LogP contribution in [0.3, 0.4) is 0 Å². The van der Waals surface area contributed by atoms with Crippen molar-refractivity contribution in [3.8, 4) is 0 Å². The predicted molar refractivity (Wildman–Crippen MR) is 72.1 cm³/mol. The highest BCUT2D eigenvalue weighted by molar-refractivity contribution is 5.94. The number of hydrogen-bond acceptors (Lipinski definition) is 2. The van der Waals surface area contributed by atoms with Crippen LogP contribution in [0.1, 0.15) is 27.2 Å². The number of anilines is 1. The van der Waals surface area contributed by atoms with Crippen LogP contribution in [0.25, 0.3) is 0 Å². The molecule has 4 nitrogen and oxygen atoms in total. The smallest absolute Gasteiger partial charge is 0.244 e. The SMILES string of the molecule is CCC(C)N(CC(=O)Nc1ccc(F)cc1F)C(C)=O. The van der Waals surface area contributed by atoms with Gasteiger partial charge in [0.05, 0.1) is 5.69 Å². The number of nitrogens with one attached hydrogen (secondary N) is 1. The lowest BCUT2D eigenvalue weighted by atomic mass is 10.2. The molecule has 0 aliphatic rings. The molecule has 1 rings (SSSR count). The van der Waals surface area contributed by atoms with E-state index < -0.39 is 17.5 Å². The average Bonchev–Trinajstić information content (AvgIpc) is 2.38. The molecule has 1 atom stereocenters. The molecule has 1 N–H and O–H groups in total. The standard InChI is InChI=1S/C14H18F2N2O2/c1-4-9(2)18(10(3)19)8-14(20)17-13-6-5-11(15)7-12(13)16/h5-7,9H,4,8H2,1-3H3,(H,17,20). The maximum Gasteiger partial charge on any atom is 0.244 e. The van der Waals surface area contributed by atoms with Gasteiger partial charge in [-0.05, 0) is 25.5 Å². The molecule has 0 aliphatic carbocycles. The first-order valence-electron chi connectivity index (χ1n) is 6.37. The molecule has 0 fully saturated rings. The molecule has 0 spiro atoms. The fourth-order valence-corrected chi connectivity index (χ4v) is 1.73. The summed E-state index contributed by atoms with van der Waals surface area (Å²) in [5.41, 5.74) is -0.107. The summed E-state index contributed by atoms with van der Waals surface area (Å²) >= 11 is 0. The van der Waals surface area contributed by atoms with Gasteiger partial charge in [0.2, 0.25) is 11.8 Å². The van der Waals surface area contributed by atoms with Gasteiger partial charge >= 0.3 is 0 Å². The summed E-state index contributed by atoms with van der Waals surface area (Å²) in [5.74, 6) is -2.32. The minimum Gasteiger partial charge on any atom is -0.331 e. The predicted octanol–water partition coefficient (Wildman–Crippen LogP) is 2.55. The molecule has 1 aromatic carbocycles. The van der Waals surface area contributed by atoms with E-state index in [1.165, 1.54) is 11.8 Å². The third-order valence-corrected chi connectivity index (χ3v) is 3.05. The van der Waals surface area contributed by atoms with E-state index in [0.29, 0.717) is 12.5 Å². The number of carbonyl (C=O) groups is 2. The molecule has 0 aromatic heterocycles. The van der Waals surface area contributed by atoms with Crippen LogP contribution in [0.15, 0.2) is 18.2 Å². The van der Waals surface area contributed by atoms with E-state index in [9.17, 15) is 18.4 Å². The Labute approximate surface area is 116 Å². The molecule has 0 saturated carbocycles. The van der Waals surface area contributed by atoms with Gasteiger partial charge in [0.25, 0.3) is 0 Å². The molecule has 0 bridgehead atoms. The van der Waals surface area contributed by atoms with Gasteiger partial charge in [-0.1, -0.05) is 6.92 Å². The van der Waals surface area contributed by atoms with Gasteiger partial charge in [0, 0.05) is 19.0 Å². The Balaban J connectivity index is 2.73. The van der Waals surface area contributed by atoms with Gasteiger partial charge < -0.3 is 10.2 Å². The fourth-order valence-electron chi connectivity index (χ4n) is 1.73. The Morgan fingerprint density at radius 2 is 2.00 bits per heavy atom. The lowest BCUT2D eigenvalue weighted by Gasteiger charge is -2.26. The zero-order valence-corrected chi connectivity index (χ0v) is 11.7. The number of halogens is 2. The summed E-state index contributed by atoms with van der Waals surface area (Å²) in [7, 11) is 0. The highest BCUT2D eigenvalue weighted by Crippen LogP contribution is 2.15. The Morgan fingerprint density at radius 3 is 2.50 bits per heavy atom. The van der Waals surface area contributed by atoms with Crippen LogP contribution in [0.5, 0.6) is 0 Å². The van der Waals surface area contributed by atoms with E-state index in [1.807, 2.05) is 13.8 Å². The van der Waals surface area contributed by atoms with Crippen molar-refractivity contribution in [1.29, 1.82) is 0 Å². The minimum absolute atomic E-state index is 0.0867.